The summed E-state index contributed by atoms with van der Waals surface area (Å²) in [7, 11) is 0. The third-order valence-electron chi connectivity index (χ3n) is 3.39. The number of amides is 2. The lowest BCUT2D eigenvalue weighted by atomic mass is 10.1. The van der Waals surface area contributed by atoms with Crippen LogP contribution < -0.4 is 10.4 Å². The summed E-state index contributed by atoms with van der Waals surface area (Å²) in [5, 5.41) is 3.35. The zero-order valence-electron chi connectivity index (χ0n) is 12.5. The molecule has 7 heteroatoms. The highest BCUT2D eigenvalue weighted by molar-refractivity contribution is 6.52. The average Bonchev–Trinajstić information content (AvgIpc) is 2.70. The molecule has 1 aliphatic rings. The van der Waals surface area contributed by atoms with Gasteiger partial charge >= 0.3 is 11.9 Å². The predicted molar refractivity (Wildman–Crippen MR) is 78.1 cm³/mol. The van der Waals surface area contributed by atoms with E-state index in [2.05, 4.69) is 5.32 Å². The molecule has 0 bridgehead atoms. The molecule has 0 saturated carbocycles. The summed E-state index contributed by atoms with van der Waals surface area (Å²) < 4.78 is 0. The van der Waals surface area contributed by atoms with E-state index in [0.29, 0.717) is 17.2 Å². The standard InChI is InChI=1S/C15H16N2O5/c1-4-8(2)14(20)16-10-5-6-11-12(7-10)17(22-9(3)18)15(21)13(11)19/h5-8H,4H2,1-3H3,(H,16,20). The molecule has 7 nitrogen and oxygen atoms in total. The molecule has 1 aromatic carbocycles. The van der Waals surface area contributed by atoms with Crippen molar-refractivity contribution in [1.29, 1.82) is 0 Å². The van der Waals surface area contributed by atoms with Crippen LogP contribution in [0.2, 0.25) is 0 Å². The molecule has 1 atom stereocenters. The summed E-state index contributed by atoms with van der Waals surface area (Å²) in [6, 6.07) is 4.38. The van der Waals surface area contributed by atoms with E-state index in [0.717, 1.165) is 6.92 Å². The number of hydrogen-bond acceptors (Lipinski definition) is 5. The van der Waals surface area contributed by atoms with Crippen molar-refractivity contribution >= 4 is 34.9 Å². The third kappa shape index (κ3) is 2.83. The molecule has 1 N–H and O–H groups in total. The first kappa shape index (κ1) is 15.7. The van der Waals surface area contributed by atoms with E-state index in [-0.39, 0.29) is 23.1 Å². The van der Waals surface area contributed by atoms with Gasteiger partial charge in [-0.1, -0.05) is 13.8 Å². The van der Waals surface area contributed by atoms with Gasteiger partial charge in [0.1, 0.15) is 0 Å². The maximum atomic E-state index is 11.9. The smallest absolute Gasteiger partial charge is 0.332 e. The van der Waals surface area contributed by atoms with Crippen molar-refractivity contribution in [1.82, 2.24) is 0 Å². The van der Waals surface area contributed by atoms with Crippen molar-refractivity contribution in [3.8, 4) is 0 Å². The number of hydrogen-bond donors (Lipinski definition) is 1. The van der Waals surface area contributed by atoms with Gasteiger partial charge in [-0.3, -0.25) is 14.4 Å². The first-order chi connectivity index (χ1) is 10.3. The lowest BCUT2D eigenvalue weighted by Crippen LogP contribution is -2.31. The Morgan fingerprint density at radius 3 is 2.59 bits per heavy atom. The molecule has 0 spiro atoms. The molecule has 1 aromatic rings. The fourth-order valence-electron chi connectivity index (χ4n) is 1.96. The Kier molecular flexibility index (Phi) is 4.25. The highest BCUT2D eigenvalue weighted by atomic mass is 16.7. The van der Waals surface area contributed by atoms with Crippen molar-refractivity contribution in [3.05, 3.63) is 23.8 Å². The van der Waals surface area contributed by atoms with Crippen LogP contribution in [-0.4, -0.2) is 23.6 Å². The molecule has 0 saturated heterocycles. The van der Waals surface area contributed by atoms with E-state index in [1.165, 1.54) is 18.2 Å². The Bertz CT molecular complexity index is 668. The van der Waals surface area contributed by atoms with Crippen LogP contribution in [0.3, 0.4) is 0 Å². The molecule has 2 rings (SSSR count). The Hall–Kier alpha value is -2.70. The summed E-state index contributed by atoms with van der Waals surface area (Å²) >= 11 is 0. The second kappa shape index (κ2) is 5.97. The van der Waals surface area contributed by atoms with Gasteiger partial charge in [0.05, 0.1) is 11.3 Å². The van der Waals surface area contributed by atoms with Gasteiger partial charge < -0.3 is 10.2 Å². The van der Waals surface area contributed by atoms with Crippen molar-refractivity contribution in [2.75, 3.05) is 10.4 Å². The second-order valence-electron chi connectivity index (χ2n) is 5.04. The highest BCUT2D eigenvalue weighted by Gasteiger charge is 2.38. The maximum Gasteiger partial charge on any atom is 0.332 e. The van der Waals surface area contributed by atoms with Gasteiger partial charge in [0.25, 0.3) is 5.78 Å². The Balaban J connectivity index is 2.32. The molecule has 1 aliphatic heterocycles. The fourth-order valence-corrected chi connectivity index (χ4v) is 1.96. The van der Waals surface area contributed by atoms with Gasteiger partial charge in [-0.15, -0.1) is 5.06 Å². The number of anilines is 2. The average molecular weight is 304 g/mol. The number of nitrogens with one attached hydrogen (secondary N) is 1. The number of nitrogens with zero attached hydrogens (tertiary/aromatic N) is 1. The number of benzene rings is 1. The molecule has 1 heterocycles. The molecule has 22 heavy (non-hydrogen) atoms. The molecule has 0 aliphatic carbocycles. The highest BCUT2D eigenvalue weighted by Crippen LogP contribution is 2.32. The lowest BCUT2D eigenvalue weighted by Gasteiger charge is -2.15. The van der Waals surface area contributed by atoms with E-state index in [1.807, 2.05) is 6.92 Å². The lowest BCUT2D eigenvalue weighted by molar-refractivity contribution is -0.146. The fraction of sp³-hybridized carbons (Fsp3) is 0.333. The van der Waals surface area contributed by atoms with E-state index in [4.69, 9.17) is 4.84 Å². The Morgan fingerprint density at radius 2 is 2.00 bits per heavy atom. The van der Waals surface area contributed by atoms with Crippen LogP contribution in [0.1, 0.15) is 37.6 Å². The van der Waals surface area contributed by atoms with E-state index < -0.39 is 17.7 Å². The van der Waals surface area contributed by atoms with Crippen LogP contribution in [0.15, 0.2) is 18.2 Å². The minimum Gasteiger partial charge on any atom is -0.333 e. The van der Waals surface area contributed by atoms with Gasteiger partial charge in [-0.25, -0.2) is 4.79 Å². The van der Waals surface area contributed by atoms with Gasteiger partial charge in [-0.05, 0) is 24.6 Å². The van der Waals surface area contributed by atoms with Crippen molar-refractivity contribution in [3.63, 3.8) is 0 Å². The van der Waals surface area contributed by atoms with E-state index >= 15 is 0 Å². The van der Waals surface area contributed by atoms with Gasteiger partial charge in [0, 0.05) is 18.5 Å². The first-order valence-electron chi connectivity index (χ1n) is 6.87. The zero-order valence-corrected chi connectivity index (χ0v) is 12.5. The van der Waals surface area contributed by atoms with Crippen LogP contribution in [0.5, 0.6) is 0 Å². The normalized spacial score (nSPS) is 14.6. The number of fused-ring (bicyclic) bond motifs is 1. The minimum atomic E-state index is -0.935. The van der Waals surface area contributed by atoms with Crippen LogP contribution in [0.25, 0.3) is 0 Å². The summed E-state index contributed by atoms with van der Waals surface area (Å²) in [5.41, 5.74) is 0.698. The molecule has 0 radical (unpaired) electrons. The van der Waals surface area contributed by atoms with Crippen molar-refractivity contribution < 1.29 is 24.0 Å². The maximum absolute atomic E-state index is 11.9. The topological polar surface area (TPSA) is 92.8 Å². The van der Waals surface area contributed by atoms with Crippen LogP contribution in [0.4, 0.5) is 11.4 Å². The number of rotatable bonds is 4. The predicted octanol–water partition coefficient (Wildman–Crippen LogP) is 1.68. The van der Waals surface area contributed by atoms with Crippen LogP contribution in [0, 0.1) is 5.92 Å². The van der Waals surface area contributed by atoms with Crippen molar-refractivity contribution in [2.24, 2.45) is 5.92 Å². The van der Waals surface area contributed by atoms with Gasteiger partial charge in [0.2, 0.25) is 5.91 Å². The second-order valence-corrected chi connectivity index (χ2v) is 5.04. The number of carbonyl (C=O) groups is 4. The summed E-state index contributed by atoms with van der Waals surface area (Å²) in [6.45, 7) is 4.82. The Labute approximate surface area is 127 Å². The monoisotopic (exact) mass is 304 g/mol. The third-order valence-corrected chi connectivity index (χ3v) is 3.39. The van der Waals surface area contributed by atoms with E-state index in [9.17, 15) is 19.2 Å². The summed E-state index contributed by atoms with van der Waals surface area (Å²) in [4.78, 5) is 51.3. The number of carbonyl (C=O) groups excluding carboxylic acids is 4. The number of ketones is 1. The molecule has 1 unspecified atom stereocenters. The molecule has 0 fully saturated rings. The summed E-state index contributed by atoms with van der Waals surface area (Å²) in [6.07, 6.45) is 0.688. The molecule has 2 amide bonds. The van der Waals surface area contributed by atoms with Crippen LogP contribution >= 0.6 is 0 Å². The molecule has 116 valence electrons. The number of Topliss-reactive ketones (excluding diaryl/α,β-unsaturated/α-hetero) is 1. The largest absolute Gasteiger partial charge is 0.333 e. The molecular formula is C15H16N2O5. The Morgan fingerprint density at radius 1 is 1.32 bits per heavy atom. The zero-order chi connectivity index (χ0) is 16.4. The van der Waals surface area contributed by atoms with Crippen LogP contribution in [-0.2, 0) is 19.2 Å². The minimum absolute atomic E-state index is 0.132. The van der Waals surface area contributed by atoms with Crippen molar-refractivity contribution in [2.45, 2.75) is 27.2 Å². The van der Waals surface area contributed by atoms with Gasteiger partial charge in [-0.2, -0.15) is 0 Å². The molecule has 0 aromatic heterocycles. The van der Waals surface area contributed by atoms with E-state index in [1.54, 1.807) is 6.92 Å². The van der Waals surface area contributed by atoms with Gasteiger partial charge in [0.15, 0.2) is 0 Å². The number of hydroxylamine groups is 1. The summed E-state index contributed by atoms with van der Waals surface area (Å²) in [5.74, 6) is -2.74. The SMILES string of the molecule is CCC(C)C(=O)Nc1ccc2c(c1)N(OC(C)=O)C(=O)C2=O. The quantitative estimate of drug-likeness (QED) is 0.854. The first-order valence-corrected chi connectivity index (χ1v) is 6.87. The molecular weight excluding hydrogens is 288 g/mol.